The number of esters is 2. The number of aromatic nitrogens is 2. The van der Waals surface area contributed by atoms with Crippen LogP contribution in [0.3, 0.4) is 0 Å². The van der Waals surface area contributed by atoms with Gasteiger partial charge in [-0.2, -0.15) is 5.10 Å². The van der Waals surface area contributed by atoms with Crippen LogP contribution in [0.2, 0.25) is 0 Å². The van der Waals surface area contributed by atoms with Crippen molar-refractivity contribution in [3.8, 4) is 0 Å². The molecule has 2 rings (SSSR count). The van der Waals surface area contributed by atoms with Gasteiger partial charge in [0.05, 0.1) is 26.3 Å². The minimum atomic E-state index is -0.743. The van der Waals surface area contributed by atoms with E-state index in [4.69, 9.17) is 0 Å². The number of nitrogens with zero attached hydrogens (tertiary/aromatic N) is 2. The third kappa shape index (κ3) is 2.04. The van der Waals surface area contributed by atoms with Crippen LogP contribution < -0.4 is 0 Å². The Morgan fingerprint density at radius 2 is 2.00 bits per heavy atom. The fourth-order valence-corrected chi connectivity index (χ4v) is 1.83. The number of carbonyl (C=O) groups is 2. The van der Waals surface area contributed by atoms with E-state index in [0.717, 1.165) is 0 Å². The molecule has 0 aliphatic carbocycles. The molecule has 2 heterocycles. The van der Waals surface area contributed by atoms with Crippen LogP contribution >= 0.6 is 0 Å². The lowest BCUT2D eigenvalue weighted by Gasteiger charge is -2.03. The molecule has 0 aliphatic rings. The van der Waals surface area contributed by atoms with Crippen LogP contribution in [0.4, 0.5) is 0 Å². The van der Waals surface area contributed by atoms with E-state index in [1.807, 2.05) is 0 Å². The van der Waals surface area contributed by atoms with E-state index in [2.05, 4.69) is 14.6 Å². The number of pyridine rings is 1. The molecule has 2 aromatic heterocycles. The Kier molecular flexibility index (Phi) is 3.48. The van der Waals surface area contributed by atoms with E-state index >= 15 is 0 Å². The number of hydrogen-bond donors (Lipinski definition) is 1. The maximum Gasteiger partial charge on any atom is 0.359 e. The SMILES string of the molecule is COC(=O)c1nn2cccc(CO)c2c1C(=O)OC. The Bertz CT molecular complexity index is 647. The summed E-state index contributed by atoms with van der Waals surface area (Å²) in [6.07, 6.45) is 1.56. The summed E-state index contributed by atoms with van der Waals surface area (Å²) in [6, 6.07) is 3.28. The molecule has 0 radical (unpaired) electrons. The highest BCUT2D eigenvalue weighted by Gasteiger charge is 2.27. The summed E-state index contributed by atoms with van der Waals surface area (Å²) in [5.41, 5.74) is 0.636. The average Bonchev–Trinajstić information content (AvgIpc) is 2.84. The van der Waals surface area contributed by atoms with Gasteiger partial charge in [-0.25, -0.2) is 14.1 Å². The Hall–Kier alpha value is -2.41. The van der Waals surface area contributed by atoms with Crippen molar-refractivity contribution in [3.05, 3.63) is 35.2 Å². The van der Waals surface area contributed by atoms with Crippen LogP contribution in [0.15, 0.2) is 18.3 Å². The van der Waals surface area contributed by atoms with Crippen molar-refractivity contribution in [2.75, 3.05) is 14.2 Å². The smallest absolute Gasteiger partial charge is 0.359 e. The van der Waals surface area contributed by atoms with Crippen molar-refractivity contribution in [1.82, 2.24) is 9.61 Å². The van der Waals surface area contributed by atoms with Crippen molar-refractivity contribution in [2.24, 2.45) is 0 Å². The van der Waals surface area contributed by atoms with Crippen LogP contribution in [0.1, 0.15) is 26.4 Å². The highest BCUT2D eigenvalue weighted by Crippen LogP contribution is 2.21. The van der Waals surface area contributed by atoms with Gasteiger partial charge in [0.1, 0.15) is 5.56 Å². The third-order valence-corrected chi connectivity index (χ3v) is 2.68. The Balaban J connectivity index is 2.83. The summed E-state index contributed by atoms with van der Waals surface area (Å²) in [5, 5.41) is 13.3. The first-order valence-corrected chi connectivity index (χ1v) is 5.41. The topological polar surface area (TPSA) is 90.1 Å². The van der Waals surface area contributed by atoms with Crippen LogP contribution in [0.25, 0.3) is 5.52 Å². The lowest BCUT2D eigenvalue weighted by Crippen LogP contribution is -2.11. The number of carbonyl (C=O) groups excluding carboxylic acids is 2. The van der Waals surface area contributed by atoms with Crippen molar-refractivity contribution >= 4 is 17.5 Å². The van der Waals surface area contributed by atoms with Gasteiger partial charge in [-0.05, 0) is 6.07 Å². The molecule has 0 atom stereocenters. The molecule has 0 saturated carbocycles. The molecule has 2 aromatic rings. The minimum Gasteiger partial charge on any atom is -0.465 e. The number of methoxy groups -OCH3 is 2. The number of aliphatic hydroxyl groups excluding tert-OH is 1. The number of ether oxygens (including phenoxy) is 2. The Labute approximate surface area is 108 Å². The highest BCUT2D eigenvalue weighted by molar-refractivity contribution is 6.07. The molecule has 0 fully saturated rings. The van der Waals surface area contributed by atoms with Crippen molar-refractivity contribution in [2.45, 2.75) is 6.61 Å². The van der Waals surface area contributed by atoms with Crippen molar-refractivity contribution < 1.29 is 24.2 Å². The summed E-state index contributed by atoms with van der Waals surface area (Å²) in [6.45, 7) is -0.291. The largest absolute Gasteiger partial charge is 0.465 e. The molecule has 0 spiro atoms. The summed E-state index contributed by atoms with van der Waals surface area (Å²) in [5.74, 6) is -1.45. The summed E-state index contributed by atoms with van der Waals surface area (Å²) in [4.78, 5) is 23.5. The van der Waals surface area contributed by atoms with Gasteiger partial charge < -0.3 is 14.6 Å². The summed E-state index contributed by atoms with van der Waals surface area (Å²) in [7, 11) is 2.40. The molecule has 100 valence electrons. The fraction of sp³-hybridized carbons (Fsp3) is 0.250. The molecule has 0 amide bonds. The maximum absolute atomic E-state index is 11.8. The normalized spacial score (nSPS) is 10.5. The minimum absolute atomic E-state index is 0.0148. The van der Waals surface area contributed by atoms with E-state index < -0.39 is 11.9 Å². The number of rotatable bonds is 3. The molecule has 0 bridgehead atoms. The molecule has 7 nitrogen and oxygen atoms in total. The van der Waals surface area contributed by atoms with E-state index in [9.17, 15) is 14.7 Å². The molecular formula is C12H12N2O5. The zero-order valence-electron chi connectivity index (χ0n) is 10.4. The molecule has 0 aromatic carbocycles. The average molecular weight is 264 g/mol. The van der Waals surface area contributed by atoms with Crippen LogP contribution in [0, 0.1) is 0 Å². The van der Waals surface area contributed by atoms with Crippen LogP contribution in [-0.2, 0) is 16.1 Å². The Morgan fingerprint density at radius 3 is 2.58 bits per heavy atom. The number of aliphatic hydroxyl groups is 1. The van der Waals surface area contributed by atoms with Crippen molar-refractivity contribution in [3.63, 3.8) is 0 Å². The summed E-state index contributed by atoms with van der Waals surface area (Å²) < 4.78 is 10.6. The summed E-state index contributed by atoms with van der Waals surface area (Å²) >= 11 is 0. The van der Waals surface area contributed by atoms with Gasteiger partial charge in [-0.1, -0.05) is 6.07 Å². The second kappa shape index (κ2) is 5.07. The lowest BCUT2D eigenvalue weighted by molar-refractivity contribution is 0.0553. The first kappa shape index (κ1) is 13.0. The number of hydrogen-bond acceptors (Lipinski definition) is 6. The molecule has 0 unspecified atom stereocenters. The lowest BCUT2D eigenvalue weighted by atomic mass is 10.1. The van der Waals surface area contributed by atoms with E-state index in [-0.39, 0.29) is 17.9 Å². The van der Waals surface area contributed by atoms with Gasteiger partial charge in [0, 0.05) is 11.8 Å². The molecular weight excluding hydrogens is 252 g/mol. The quantitative estimate of drug-likeness (QED) is 0.807. The second-order valence-electron chi connectivity index (χ2n) is 3.69. The first-order chi connectivity index (χ1) is 9.13. The Morgan fingerprint density at radius 1 is 1.32 bits per heavy atom. The zero-order valence-corrected chi connectivity index (χ0v) is 10.4. The highest BCUT2D eigenvalue weighted by atomic mass is 16.5. The van der Waals surface area contributed by atoms with Crippen LogP contribution in [0.5, 0.6) is 0 Å². The first-order valence-electron chi connectivity index (χ1n) is 5.41. The maximum atomic E-state index is 11.8. The van der Waals surface area contributed by atoms with Crippen molar-refractivity contribution in [1.29, 1.82) is 0 Å². The fourth-order valence-electron chi connectivity index (χ4n) is 1.83. The van der Waals surface area contributed by atoms with E-state index in [1.165, 1.54) is 18.7 Å². The standard InChI is InChI=1S/C12H12N2O5/c1-18-11(16)8-9(12(17)19-2)13-14-5-3-4-7(6-15)10(8)14/h3-5,15H,6H2,1-2H3. The molecule has 0 aliphatic heterocycles. The van der Waals surface area contributed by atoms with Gasteiger partial charge in [0.25, 0.3) is 0 Å². The van der Waals surface area contributed by atoms with Gasteiger partial charge in [-0.3, -0.25) is 0 Å². The molecule has 0 saturated heterocycles. The van der Waals surface area contributed by atoms with E-state index in [1.54, 1.807) is 18.3 Å². The van der Waals surface area contributed by atoms with Gasteiger partial charge in [-0.15, -0.1) is 0 Å². The molecule has 1 N–H and O–H groups in total. The van der Waals surface area contributed by atoms with Gasteiger partial charge in [0.2, 0.25) is 0 Å². The monoisotopic (exact) mass is 264 g/mol. The predicted octanol–water partition coefficient (Wildman–Crippen LogP) is 0.400. The van der Waals surface area contributed by atoms with E-state index in [0.29, 0.717) is 11.1 Å². The van der Waals surface area contributed by atoms with Crippen LogP contribution in [-0.4, -0.2) is 40.9 Å². The third-order valence-electron chi connectivity index (χ3n) is 2.68. The second-order valence-corrected chi connectivity index (χ2v) is 3.69. The molecule has 7 heteroatoms. The molecule has 19 heavy (non-hydrogen) atoms. The zero-order chi connectivity index (χ0) is 14.0. The number of fused-ring (bicyclic) bond motifs is 1. The predicted molar refractivity (Wildman–Crippen MR) is 63.8 cm³/mol. The van der Waals surface area contributed by atoms with Gasteiger partial charge in [0.15, 0.2) is 5.69 Å². The van der Waals surface area contributed by atoms with Gasteiger partial charge >= 0.3 is 11.9 Å².